The molecule has 1 heterocycles. The van der Waals surface area contributed by atoms with Crippen LogP contribution < -0.4 is 4.74 Å². The molecule has 1 aromatic carbocycles. The molecule has 0 amide bonds. The smallest absolute Gasteiger partial charge is 0.171 e. The average Bonchev–Trinajstić information content (AvgIpc) is 2.80. The van der Waals surface area contributed by atoms with E-state index in [9.17, 15) is 13.6 Å². The van der Waals surface area contributed by atoms with Gasteiger partial charge in [0, 0.05) is 25.2 Å². The largest absolute Gasteiger partial charge is 0.497 e. The van der Waals surface area contributed by atoms with Gasteiger partial charge >= 0.3 is 0 Å². The molecule has 0 N–H and O–H groups in total. The zero-order chi connectivity index (χ0) is 13.1. The van der Waals surface area contributed by atoms with E-state index in [1.54, 1.807) is 0 Å². The van der Waals surface area contributed by atoms with Gasteiger partial charge in [0.05, 0.1) is 18.8 Å². The van der Waals surface area contributed by atoms with Gasteiger partial charge in [0.15, 0.2) is 5.78 Å². The van der Waals surface area contributed by atoms with Crippen molar-refractivity contribution in [3.05, 3.63) is 29.3 Å². The van der Waals surface area contributed by atoms with E-state index in [2.05, 4.69) is 0 Å². The fourth-order valence-corrected chi connectivity index (χ4v) is 2.05. The lowest BCUT2D eigenvalue weighted by Crippen LogP contribution is -2.15. The molecule has 2 rings (SSSR count). The van der Waals surface area contributed by atoms with Crippen LogP contribution in [0, 0.1) is 11.6 Å². The lowest BCUT2D eigenvalue weighted by molar-refractivity contribution is 0.0769. The number of methoxy groups -OCH3 is 1. The van der Waals surface area contributed by atoms with Crippen molar-refractivity contribution in [2.45, 2.75) is 25.4 Å². The van der Waals surface area contributed by atoms with E-state index in [0.29, 0.717) is 6.61 Å². The first-order chi connectivity index (χ1) is 8.61. The number of carbonyl (C=O) groups is 1. The van der Waals surface area contributed by atoms with Crippen LogP contribution in [0.2, 0.25) is 0 Å². The van der Waals surface area contributed by atoms with Gasteiger partial charge in [0.1, 0.15) is 17.4 Å². The van der Waals surface area contributed by atoms with Crippen LogP contribution in [0.15, 0.2) is 12.1 Å². The normalized spacial score (nSPS) is 18.9. The average molecular weight is 256 g/mol. The summed E-state index contributed by atoms with van der Waals surface area (Å²) < 4.78 is 37.3. The molecule has 0 spiro atoms. The Kier molecular flexibility index (Phi) is 3.91. The van der Waals surface area contributed by atoms with Gasteiger partial charge in [0.2, 0.25) is 0 Å². The molecule has 0 bridgehead atoms. The zero-order valence-electron chi connectivity index (χ0n) is 10.0. The highest BCUT2D eigenvalue weighted by Gasteiger charge is 2.24. The second-order valence-electron chi connectivity index (χ2n) is 4.23. The molecule has 18 heavy (non-hydrogen) atoms. The highest BCUT2D eigenvalue weighted by Crippen LogP contribution is 2.24. The molecule has 1 aliphatic heterocycles. The third kappa shape index (κ3) is 2.67. The quantitative estimate of drug-likeness (QED) is 0.777. The Morgan fingerprint density at radius 1 is 1.44 bits per heavy atom. The highest BCUT2D eigenvalue weighted by molar-refractivity contribution is 5.97. The second kappa shape index (κ2) is 5.44. The van der Waals surface area contributed by atoms with Gasteiger partial charge in [-0.15, -0.1) is 0 Å². The summed E-state index contributed by atoms with van der Waals surface area (Å²) in [5.74, 6) is -2.30. The standard InChI is InChI=1S/C13H14F2O3/c1-17-9-5-10(14)13(11(15)6-9)12(16)7-8-3-2-4-18-8/h5-6,8H,2-4,7H2,1H3. The van der Waals surface area contributed by atoms with E-state index in [1.807, 2.05) is 0 Å². The highest BCUT2D eigenvalue weighted by atomic mass is 19.1. The number of hydrogen-bond acceptors (Lipinski definition) is 3. The number of benzene rings is 1. The van der Waals surface area contributed by atoms with Crippen molar-refractivity contribution in [1.82, 2.24) is 0 Å². The summed E-state index contributed by atoms with van der Waals surface area (Å²) in [5.41, 5.74) is -0.508. The minimum absolute atomic E-state index is 0.0141. The maximum atomic E-state index is 13.6. The number of ether oxygens (including phenoxy) is 2. The Morgan fingerprint density at radius 3 is 2.61 bits per heavy atom. The Labute approximate surface area is 104 Å². The molecule has 0 saturated carbocycles. The third-order valence-corrected chi connectivity index (χ3v) is 2.97. The van der Waals surface area contributed by atoms with Crippen molar-refractivity contribution in [2.24, 2.45) is 0 Å². The van der Waals surface area contributed by atoms with Gasteiger partial charge < -0.3 is 9.47 Å². The van der Waals surface area contributed by atoms with Crippen molar-refractivity contribution >= 4 is 5.78 Å². The van der Waals surface area contributed by atoms with Gasteiger partial charge in [0.25, 0.3) is 0 Å². The van der Waals surface area contributed by atoms with Crippen LogP contribution in [0.1, 0.15) is 29.6 Å². The first-order valence-corrected chi connectivity index (χ1v) is 5.79. The molecule has 1 atom stereocenters. The number of halogens is 2. The van der Waals surface area contributed by atoms with Crippen LogP contribution >= 0.6 is 0 Å². The van der Waals surface area contributed by atoms with Gasteiger partial charge in [-0.25, -0.2) is 8.78 Å². The van der Waals surface area contributed by atoms with E-state index in [1.165, 1.54) is 7.11 Å². The third-order valence-electron chi connectivity index (χ3n) is 2.97. The monoisotopic (exact) mass is 256 g/mol. The minimum atomic E-state index is -0.894. The molecule has 1 unspecified atom stereocenters. The van der Waals surface area contributed by atoms with E-state index >= 15 is 0 Å². The molecule has 1 fully saturated rings. The van der Waals surface area contributed by atoms with Gasteiger partial charge in [-0.1, -0.05) is 0 Å². The number of ketones is 1. The topological polar surface area (TPSA) is 35.5 Å². The molecule has 98 valence electrons. The summed E-state index contributed by atoms with van der Waals surface area (Å²) in [7, 11) is 1.31. The van der Waals surface area contributed by atoms with Crippen LogP contribution in [0.4, 0.5) is 8.78 Å². The maximum absolute atomic E-state index is 13.6. The SMILES string of the molecule is COc1cc(F)c(C(=O)CC2CCCO2)c(F)c1. The number of hydrogen-bond donors (Lipinski definition) is 0. The first kappa shape index (κ1) is 13.0. The van der Waals surface area contributed by atoms with Crippen LogP contribution in [0.25, 0.3) is 0 Å². The lowest BCUT2D eigenvalue weighted by atomic mass is 10.0. The zero-order valence-corrected chi connectivity index (χ0v) is 10.0. The Hall–Kier alpha value is -1.49. The molecular formula is C13H14F2O3. The molecule has 3 nitrogen and oxygen atoms in total. The van der Waals surface area contributed by atoms with Crippen molar-refractivity contribution in [3.63, 3.8) is 0 Å². The molecule has 5 heteroatoms. The van der Waals surface area contributed by atoms with E-state index in [0.717, 1.165) is 25.0 Å². The summed E-state index contributed by atoms with van der Waals surface area (Å²) in [4.78, 5) is 11.8. The van der Waals surface area contributed by atoms with Crippen molar-refractivity contribution < 1.29 is 23.0 Å². The molecule has 1 aliphatic rings. The van der Waals surface area contributed by atoms with E-state index in [4.69, 9.17) is 9.47 Å². The summed E-state index contributed by atoms with van der Waals surface area (Å²) in [6.07, 6.45) is 1.43. The number of carbonyl (C=O) groups excluding carboxylic acids is 1. The predicted octanol–water partition coefficient (Wildman–Crippen LogP) is 2.73. The van der Waals surface area contributed by atoms with Crippen LogP contribution in [0.3, 0.4) is 0 Å². The molecule has 0 radical (unpaired) electrons. The summed E-state index contributed by atoms with van der Waals surface area (Å²) in [6.45, 7) is 0.603. The van der Waals surface area contributed by atoms with Crippen molar-refractivity contribution in [2.75, 3.05) is 13.7 Å². The van der Waals surface area contributed by atoms with Crippen molar-refractivity contribution in [3.8, 4) is 5.75 Å². The maximum Gasteiger partial charge on any atom is 0.171 e. The van der Waals surface area contributed by atoms with Crippen molar-refractivity contribution in [1.29, 1.82) is 0 Å². The molecule has 0 aliphatic carbocycles. The number of Topliss-reactive ketones (excluding diaryl/α,β-unsaturated/α-hetero) is 1. The van der Waals surface area contributed by atoms with Crippen LogP contribution in [-0.4, -0.2) is 25.6 Å². The summed E-state index contributed by atoms with van der Waals surface area (Å²) in [5, 5.41) is 0. The Morgan fingerprint density at radius 2 is 2.11 bits per heavy atom. The molecule has 1 aromatic rings. The summed E-state index contributed by atoms with van der Waals surface area (Å²) >= 11 is 0. The fourth-order valence-electron chi connectivity index (χ4n) is 2.05. The minimum Gasteiger partial charge on any atom is -0.497 e. The van der Waals surface area contributed by atoms with Crippen LogP contribution in [-0.2, 0) is 4.74 Å². The Bertz CT molecular complexity index is 431. The molecule has 0 aromatic heterocycles. The van der Waals surface area contributed by atoms with Gasteiger partial charge in [-0.2, -0.15) is 0 Å². The van der Waals surface area contributed by atoms with Gasteiger partial charge in [-0.3, -0.25) is 4.79 Å². The lowest BCUT2D eigenvalue weighted by Gasteiger charge is -2.10. The molecular weight excluding hydrogens is 242 g/mol. The van der Waals surface area contributed by atoms with Gasteiger partial charge in [-0.05, 0) is 12.8 Å². The predicted molar refractivity (Wildman–Crippen MR) is 60.8 cm³/mol. The fraction of sp³-hybridized carbons (Fsp3) is 0.462. The number of rotatable bonds is 4. The molecule has 1 saturated heterocycles. The Balaban J connectivity index is 2.18. The van der Waals surface area contributed by atoms with E-state index in [-0.39, 0.29) is 18.3 Å². The second-order valence-corrected chi connectivity index (χ2v) is 4.23. The van der Waals surface area contributed by atoms with Crippen LogP contribution in [0.5, 0.6) is 5.75 Å². The first-order valence-electron chi connectivity index (χ1n) is 5.79. The summed E-state index contributed by atoms with van der Waals surface area (Å²) in [6, 6.07) is 2.01. The van der Waals surface area contributed by atoms with E-state index < -0.39 is 23.0 Å².